The molecule has 2 amide bonds. The molecule has 2 N–H and O–H groups in total. The van der Waals surface area contributed by atoms with Gasteiger partial charge in [0, 0.05) is 50.1 Å². The van der Waals surface area contributed by atoms with E-state index < -0.39 is 0 Å². The van der Waals surface area contributed by atoms with Crippen LogP contribution in [0.1, 0.15) is 18.4 Å². The number of ether oxygens (including phenoxy) is 1. The zero-order valence-electron chi connectivity index (χ0n) is 14.3. The highest BCUT2D eigenvalue weighted by atomic mass is 16.5. The number of nitrogens with zero attached hydrogens (tertiary/aromatic N) is 2. The number of hydrogen-bond donors (Lipinski definition) is 2. The van der Waals surface area contributed by atoms with Gasteiger partial charge in [0.05, 0.1) is 13.2 Å². The third kappa shape index (κ3) is 3.82. The molecule has 0 bridgehead atoms. The number of hydrogen-bond acceptors (Lipinski definition) is 4. The van der Waals surface area contributed by atoms with E-state index in [4.69, 9.17) is 4.74 Å². The average Bonchev–Trinajstić information content (AvgIpc) is 3.00. The Morgan fingerprint density at radius 3 is 2.88 bits per heavy atom. The molecule has 2 heterocycles. The van der Waals surface area contributed by atoms with Gasteiger partial charge in [0.2, 0.25) is 0 Å². The van der Waals surface area contributed by atoms with E-state index in [0.29, 0.717) is 26.3 Å². The van der Waals surface area contributed by atoms with Gasteiger partial charge in [-0.05, 0) is 37.5 Å². The summed E-state index contributed by atoms with van der Waals surface area (Å²) in [6.07, 6.45) is 2.46. The molecule has 1 aromatic carbocycles. The Morgan fingerprint density at radius 1 is 1.33 bits per heavy atom. The van der Waals surface area contributed by atoms with Crippen molar-refractivity contribution in [2.24, 2.45) is 5.92 Å². The number of amides is 2. The SMILES string of the molecule is Cc1c(NC(=O)N2CCOCC(CO)C2)cccc1N1CCCC1. The van der Waals surface area contributed by atoms with E-state index in [9.17, 15) is 9.90 Å². The zero-order valence-corrected chi connectivity index (χ0v) is 14.3. The molecule has 2 aliphatic heterocycles. The van der Waals surface area contributed by atoms with Crippen molar-refractivity contribution in [2.45, 2.75) is 19.8 Å². The lowest BCUT2D eigenvalue weighted by molar-refractivity contribution is 0.0958. The van der Waals surface area contributed by atoms with Gasteiger partial charge in [-0.3, -0.25) is 0 Å². The first kappa shape index (κ1) is 17.0. The van der Waals surface area contributed by atoms with E-state index in [1.165, 1.54) is 18.5 Å². The third-order valence-electron chi connectivity index (χ3n) is 4.88. The molecule has 1 unspecified atom stereocenters. The Labute approximate surface area is 143 Å². The van der Waals surface area contributed by atoms with Gasteiger partial charge in [0.25, 0.3) is 0 Å². The summed E-state index contributed by atoms with van der Waals surface area (Å²) in [5, 5.41) is 12.4. The molecule has 2 saturated heterocycles. The van der Waals surface area contributed by atoms with Crippen molar-refractivity contribution in [3.05, 3.63) is 23.8 Å². The molecule has 132 valence electrons. The van der Waals surface area contributed by atoms with Gasteiger partial charge in [-0.1, -0.05) is 6.07 Å². The minimum absolute atomic E-state index is 0.0183. The van der Waals surface area contributed by atoms with Crippen LogP contribution in [-0.4, -0.2) is 62.0 Å². The maximum atomic E-state index is 12.6. The molecule has 3 rings (SSSR count). The van der Waals surface area contributed by atoms with Crippen LogP contribution in [0.15, 0.2) is 18.2 Å². The predicted molar refractivity (Wildman–Crippen MR) is 94.6 cm³/mol. The van der Waals surface area contributed by atoms with Gasteiger partial charge < -0.3 is 25.0 Å². The summed E-state index contributed by atoms with van der Waals surface area (Å²) >= 11 is 0. The van der Waals surface area contributed by atoms with Crippen LogP contribution < -0.4 is 10.2 Å². The van der Waals surface area contributed by atoms with Crippen LogP contribution in [0.2, 0.25) is 0 Å². The number of anilines is 2. The van der Waals surface area contributed by atoms with E-state index >= 15 is 0 Å². The second-order valence-electron chi connectivity index (χ2n) is 6.64. The number of aliphatic hydroxyl groups is 1. The molecule has 0 radical (unpaired) electrons. The van der Waals surface area contributed by atoms with Crippen molar-refractivity contribution in [1.29, 1.82) is 0 Å². The first-order chi connectivity index (χ1) is 11.7. The summed E-state index contributed by atoms with van der Waals surface area (Å²) in [6, 6.07) is 5.95. The molecule has 2 fully saturated rings. The van der Waals surface area contributed by atoms with Crippen LogP contribution in [0.4, 0.5) is 16.2 Å². The van der Waals surface area contributed by atoms with Crippen LogP contribution in [-0.2, 0) is 4.74 Å². The molecule has 0 aliphatic carbocycles. The molecule has 2 aliphatic rings. The van der Waals surface area contributed by atoms with Crippen molar-refractivity contribution in [1.82, 2.24) is 4.90 Å². The third-order valence-corrected chi connectivity index (χ3v) is 4.88. The zero-order chi connectivity index (χ0) is 16.9. The highest BCUT2D eigenvalue weighted by Gasteiger charge is 2.23. The summed E-state index contributed by atoms with van der Waals surface area (Å²) in [6.45, 7) is 6.35. The summed E-state index contributed by atoms with van der Waals surface area (Å²) < 4.78 is 5.45. The van der Waals surface area contributed by atoms with E-state index in [0.717, 1.165) is 24.3 Å². The Bertz CT molecular complexity index is 573. The Balaban J connectivity index is 1.70. The molecule has 6 nitrogen and oxygen atoms in total. The number of urea groups is 1. The van der Waals surface area contributed by atoms with Crippen LogP contribution in [0, 0.1) is 12.8 Å². The van der Waals surface area contributed by atoms with Gasteiger partial charge in [-0.15, -0.1) is 0 Å². The van der Waals surface area contributed by atoms with E-state index in [1.54, 1.807) is 4.90 Å². The molecule has 1 atom stereocenters. The van der Waals surface area contributed by atoms with Gasteiger partial charge >= 0.3 is 6.03 Å². The minimum Gasteiger partial charge on any atom is -0.396 e. The van der Waals surface area contributed by atoms with Crippen LogP contribution >= 0.6 is 0 Å². The molecular formula is C18H27N3O3. The average molecular weight is 333 g/mol. The van der Waals surface area contributed by atoms with E-state index in [2.05, 4.69) is 23.2 Å². The standard InChI is InChI=1S/C18H27N3O3/c1-14-16(5-4-6-17(14)20-7-2-3-8-20)19-18(23)21-9-10-24-13-15(11-21)12-22/h4-6,15,22H,2-3,7-13H2,1H3,(H,19,23). The summed E-state index contributed by atoms with van der Waals surface area (Å²) in [7, 11) is 0. The first-order valence-electron chi connectivity index (χ1n) is 8.78. The van der Waals surface area contributed by atoms with Gasteiger partial charge in [0.15, 0.2) is 0 Å². The van der Waals surface area contributed by atoms with Crippen LogP contribution in [0.3, 0.4) is 0 Å². The number of carbonyl (C=O) groups excluding carboxylic acids is 1. The lowest BCUT2D eigenvalue weighted by atomic mass is 10.1. The normalized spacial score (nSPS) is 21.7. The van der Waals surface area contributed by atoms with Crippen molar-refractivity contribution in [3.63, 3.8) is 0 Å². The maximum Gasteiger partial charge on any atom is 0.321 e. The van der Waals surface area contributed by atoms with Crippen LogP contribution in [0.25, 0.3) is 0 Å². The van der Waals surface area contributed by atoms with Crippen molar-refractivity contribution < 1.29 is 14.6 Å². The summed E-state index contributed by atoms with van der Waals surface area (Å²) in [4.78, 5) is 16.7. The highest BCUT2D eigenvalue weighted by molar-refractivity contribution is 5.91. The number of rotatable bonds is 3. The fraction of sp³-hybridized carbons (Fsp3) is 0.611. The molecule has 24 heavy (non-hydrogen) atoms. The topological polar surface area (TPSA) is 65.0 Å². The number of nitrogens with one attached hydrogen (secondary N) is 1. The first-order valence-corrected chi connectivity index (χ1v) is 8.78. The Kier molecular flexibility index (Phi) is 5.58. The summed E-state index contributed by atoms with van der Waals surface area (Å²) in [5.41, 5.74) is 3.17. The number of benzene rings is 1. The van der Waals surface area contributed by atoms with E-state index in [1.807, 2.05) is 12.1 Å². The minimum atomic E-state index is -0.124. The lowest BCUT2D eigenvalue weighted by Gasteiger charge is -2.25. The highest BCUT2D eigenvalue weighted by Crippen LogP contribution is 2.29. The van der Waals surface area contributed by atoms with Crippen LogP contribution in [0.5, 0.6) is 0 Å². The Morgan fingerprint density at radius 2 is 2.12 bits per heavy atom. The molecule has 0 saturated carbocycles. The molecule has 0 spiro atoms. The number of aliphatic hydroxyl groups excluding tert-OH is 1. The van der Waals surface area contributed by atoms with Gasteiger partial charge in [-0.25, -0.2) is 4.79 Å². The van der Waals surface area contributed by atoms with Gasteiger partial charge in [-0.2, -0.15) is 0 Å². The fourth-order valence-corrected chi connectivity index (χ4v) is 3.43. The number of carbonyl (C=O) groups is 1. The van der Waals surface area contributed by atoms with E-state index in [-0.39, 0.29) is 18.6 Å². The quantitative estimate of drug-likeness (QED) is 0.889. The van der Waals surface area contributed by atoms with Crippen molar-refractivity contribution >= 4 is 17.4 Å². The second-order valence-corrected chi connectivity index (χ2v) is 6.64. The monoisotopic (exact) mass is 333 g/mol. The maximum absolute atomic E-state index is 12.6. The van der Waals surface area contributed by atoms with Crippen molar-refractivity contribution in [2.75, 3.05) is 56.2 Å². The molecule has 6 heteroatoms. The smallest absolute Gasteiger partial charge is 0.321 e. The predicted octanol–water partition coefficient (Wildman–Crippen LogP) is 2.07. The van der Waals surface area contributed by atoms with Crippen molar-refractivity contribution in [3.8, 4) is 0 Å². The molecular weight excluding hydrogens is 306 g/mol. The lowest BCUT2D eigenvalue weighted by Crippen LogP contribution is -2.39. The second kappa shape index (κ2) is 7.85. The molecule has 1 aromatic rings. The molecule has 0 aromatic heterocycles. The fourth-order valence-electron chi connectivity index (χ4n) is 3.43. The van der Waals surface area contributed by atoms with Gasteiger partial charge in [0.1, 0.15) is 0 Å². The summed E-state index contributed by atoms with van der Waals surface area (Å²) in [5.74, 6) is -0.0183. The largest absolute Gasteiger partial charge is 0.396 e. The Hall–Kier alpha value is -1.79.